The molecule has 0 aliphatic rings. The van der Waals surface area contributed by atoms with E-state index < -0.39 is 5.97 Å². The lowest BCUT2D eigenvalue weighted by atomic mass is 10.2. The number of pyridine rings is 1. The van der Waals surface area contributed by atoms with E-state index in [4.69, 9.17) is 5.11 Å². The second-order valence-corrected chi connectivity index (χ2v) is 4.77. The van der Waals surface area contributed by atoms with Crippen molar-refractivity contribution < 1.29 is 14.7 Å². The minimum atomic E-state index is -0.932. The van der Waals surface area contributed by atoms with Crippen molar-refractivity contribution in [2.75, 3.05) is 5.32 Å². The standard InChI is InChI=1S/C13H12N2O3S/c1-8-6-19-7-11(8)13(18)15-10-3-2-9(14-5-10)4-12(16)17/h2-3,5-7H,4H2,1H3,(H,15,18)(H,16,17). The number of hydrogen-bond acceptors (Lipinski definition) is 4. The maximum atomic E-state index is 11.9. The molecule has 2 rings (SSSR count). The molecule has 0 fully saturated rings. The van der Waals surface area contributed by atoms with E-state index in [-0.39, 0.29) is 12.3 Å². The number of hydrogen-bond donors (Lipinski definition) is 2. The largest absolute Gasteiger partial charge is 0.481 e. The number of anilines is 1. The summed E-state index contributed by atoms with van der Waals surface area (Å²) in [6.07, 6.45) is 1.33. The highest BCUT2D eigenvalue weighted by molar-refractivity contribution is 7.08. The van der Waals surface area contributed by atoms with Crippen LogP contribution in [-0.2, 0) is 11.2 Å². The maximum absolute atomic E-state index is 11.9. The molecule has 0 bridgehead atoms. The van der Waals surface area contributed by atoms with E-state index in [0.717, 1.165) is 5.56 Å². The highest BCUT2D eigenvalue weighted by atomic mass is 32.1. The zero-order chi connectivity index (χ0) is 13.8. The fourth-order valence-corrected chi connectivity index (χ4v) is 2.38. The lowest BCUT2D eigenvalue weighted by Crippen LogP contribution is -2.12. The Morgan fingerprint density at radius 3 is 2.68 bits per heavy atom. The van der Waals surface area contributed by atoms with Crippen LogP contribution in [0.3, 0.4) is 0 Å². The van der Waals surface area contributed by atoms with E-state index in [2.05, 4.69) is 10.3 Å². The summed E-state index contributed by atoms with van der Waals surface area (Å²) < 4.78 is 0. The van der Waals surface area contributed by atoms with Crippen LogP contribution in [0, 0.1) is 6.92 Å². The first-order chi connectivity index (χ1) is 9.06. The van der Waals surface area contributed by atoms with Gasteiger partial charge in [-0.2, -0.15) is 11.3 Å². The maximum Gasteiger partial charge on any atom is 0.309 e. The number of carboxylic acid groups (broad SMARTS) is 1. The van der Waals surface area contributed by atoms with Crippen LogP contribution in [0.5, 0.6) is 0 Å². The van der Waals surface area contributed by atoms with E-state index in [1.807, 2.05) is 12.3 Å². The lowest BCUT2D eigenvalue weighted by molar-refractivity contribution is -0.136. The molecule has 0 aliphatic heterocycles. The molecule has 2 aromatic heterocycles. The Morgan fingerprint density at radius 1 is 1.37 bits per heavy atom. The second kappa shape index (κ2) is 5.62. The SMILES string of the molecule is Cc1cscc1C(=O)Nc1ccc(CC(=O)O)nc1. The average molecular weight is 276 g/mol. The molecule has 0 aromatic carbocycles. The van der Waals surface area contributed by atoms with E-state index in [1.54, 1.807) is 17.5 Å². The Morgan fingerprint density at radius 2 is 2.16 bits per heavy atom. The van der Waals surface area contributed by atoms with Gasteiger partial charge in [-0.1, -0.05) is 0 Å². The monoisotopic (exact) mass is 276 g/mol. The normalized spacial score (nSPS) is 10.2. The van der Waals surface area contributed by atoms with Gasteiger partial charge in [-0.3, -0.25) is 14.6 Å². The van der Waals surface area contributed by atoms with Crippen molar-refractivity contribution in [3.63, 3.8) is 0 Å². The highest BCUT2D eigenvalue weighted by Crippen LogP contribution is 2.16. The number of aromatic nitrogens is 1. The molecule has 0 aliphatic carbocycles. The van der Waals surface area contributed by atoms with Crippen LogP contribution in [0.25, 0.3) is 0 Å². The van der Waals surface area contributed by atoms with Gasteiger partial charge in [0.15, 0.2) is 0 Å². The van der Waals surface area contributed by atoms with Crippen molar-refractivity contribution in [1.82, 2.24) is 4.98 Å². The molecule has 6 heteroatoms. The van der Waals surface area contributed by atoms with Gasteiger partial charge in [-0.25, -0.2) is 0 Å². The topological polar surface area (TPSA) is 79.3 Å². The van der Waals surface area contributed by atoms with Crippen LogP contribution in [0.2, 0.25) is 0 Å². The molecule has 0 spiro atoms. The Bertz CT molecular complexity index is 605. The van der Waals surface area contributed by atoms with Crippen molar-refractivity contribution >= 4 is 28.9 Å². The summed E-state index contributed by atoms with van der Waals surface area (Å²) in [5.41, 5.74) is 2.57. The Balaban J connectivity index is 2.06. The van der Waals surface area contributed by atoms with E-state index >= 15 is 0 Å². The molecule has 2 N–H and O–H groups in total. The zero-order valence-electron chi connectivity index (χ0n) is 10.2. The number of carbonyl (C=O) groups excluding carboxylic acids is 1. The number of thiophene rings is 1. The molecule has 0 saturated carbocycles. The summed E-state index contributed by atoms with van der Waals surface area (Å²) >= 11 is 1.47. The average Bonchev–Trinajstić information content (AvgIpc) is 2.77. The van der Waals surface area contributed by atoms with Gasteiger partial charge < -0.3 is 10.4 Å². The van der Waals surface area contributed by atoms with Gasteiger partial charge in [0, 0.05) is 5.38 Å². The third kappa shape index (κ3) is 3.38. The third-order valence-corrected chi connectivity index (χ3v) is 3.38. The van der Waals surface area contributed by atoms with Crippen LogP contribution in [0.15, 0.2) is 29.1 Å². The quantitative estimate of drug-likeness (QED) is 0.898. The Labute approximate surface area is 113 Å². The molecule has 0 unspecified atom stereocenters. The second-order valence-electron chi connectivity index (χ2n) is 4.03. The molecular formula is C13H12N2O3S. The first-order valence-corrected chi connectivity index (χ1v) is 6.51. The van der Waals surface area contributed by atoms with Gasteiger partial charge in [0.25, 0.3) is 5.91 Å². The molecule has 0 atom stereocenters. The van der Waals surface area contributed by atoms with Crippen LogP contribution in [0.1, 0.15) is 21.6 Å². The lowest BCUT2D eigenvalue weighted by Gasteiger charge is -2.05. The van der Waals surface area contributed by atoms with E-state index in [1.165, 1.54) is 17.5 Å². The van der Waals surface area contributed by atoms with Gasteiger partial charge in [0.05, 0.1) is 29.6 Å². The van der Waals surface area contributed by atoms with Gasteiger partial charge in [0.1, 0.15) is 0 Å². The number of nitrogens with one attached hydrogen (secondary N) is 1. The number of carboxylic acids is 1. The minimum absolute atomic E-state index is 0.127. The first-order valence-electron chi connectivity index (χ1n) is 5.57. The molecule has 2 heterocycles. The molecule has 1 amide bonds. The molecule has 19 heavy (non-hydrogen) atoms. The van der Waals surface area contributed by atoms with Crippen LogP contribution in [0.4, 0.5) is 5.69 Å². The van der Waals surface area contributed by atoms with Crippen molar-refractivity contribution in [2.24, 2.45) is 0 Å². The summed E-state index contributed by atoms with van der Waals surface area (Å²) in [5, 5.41) is 15.0. The number of aliphatic carboxylic acids is 1. The molecule has 0 saturated heterocycles. The van der Waals surface area contributed by atoms with E-state index in [0.29, 0.717) is 16.9 Å². The Kier molecular flexibility index (Phi) is 3.91. The zero-order valence-corrected chi connectivity index (χ0v) is 11.0. The van der Waals surface area contributed by atoms with Crippen molar-refractivity contribution in [3.8, 4) is 0 Å². The molecular weight excluding hydrogens is 264 g/mol. The summed E-state index contributed by atoms with van der Waals surface area (Å²) in [7, 11) is 0. The van der Waals surface area contributed by atoms with Gasteiger partial charge in [-0.15, -0.1) is 0 Å². The van der Waals surface area contributed by atoms with Crippen LogP contribution in [-0.4, -0.2) is 22.0 Å². The predicted molar refractivity (Wildman–Crippen MR) is 72.6 cm³/mol. The van der Waals surface area contributed by atoms with Gasteiger partial charge in [-0.05, 0) is 30.0 Å². The fraction of sp³-hybridized carbons (Fsp3) is 0.154. The summed E-state index contributed by atoms with van der Waals surface area (Å²) in [6.45, 7) is 1.87. The molecule has 98 valence electrons. The molecule has 0 radical (unpaired) electrons. The fourth-order valence-electron chi connectivity index (χ4n) is 1.55. The third-order valence-electron chi connectivity index (χ3n) is 2.52. The van der Waals surface area contributed by atoms with Gasteiger partial charge in [0.2, 0.25) is 0 Å². The van der Waals surface area contributed by atoms with E-state index in [9.17, 15) is 9.59 Å². The smallest absolute Gasteiger partial charge is 0.309 e. The van der Waals surface area contributed by atoms with Crippen molar-refractivity contribution in [3.05, 3.63) is 45.9 Å². The van der Waals surface area contributed by atoms with Crippen molar-refractivity contribution in [2.45, 2.75) is 13.3 Å². The Hall–Kier alpha value is -2.21. The highest BCUT2D eigenvalue weighted by Gasteiger charge is 2.10. The number of nitrogens with zero attached hydrogens (tertiary/aromatic N) is 1. The van der Waals surface area contributed by atoms with Gasteiger partial charge >= 0.3 is 5.97 Å². The number of aryl methyl sites for hydroxylation is 1. The summed E-state index contributed by atoms with van der Waals surface area (Å²) in [5.74, 6) is -1.12. The summed E-state index contributed by atoms with van der Waals surface area (Å²) in [4.78, 5) is 26.4. The summed E-state index contributed by atoms with van der Waals surface area (Å²) in [6, 6.07) is 3.23. The van der Waals surface area contributed by atoms with Crippen LogP contribution < -0.4 is 5.32 Å². The first kappa shape index (κ1) is 13.2. The van der Waals surface area contributed by atoms with Crippen molar-refractivity contribution in [1.29, 1.82) is 0 Å². The number of carbonyl (C=O) groups is 2. The number of rotatable bonds is 4. The predicted octanol–water partition coefficient (Wildman–Crippen LogP) is 2.33. The van der Waals surface area contributed by atoms with Crippen LogP contribution >= 0.6 is 11.3 Å². The number of amides is 1. The minimum Gasteiger partial charge on any atom is -0.481 e. The molecule has 5 nitrogen and oxygen atoms in total. The molecule has 2 aromatic rings.